The summed E-state index contributed by atoms with van der Waals surface area (Å²) in [5.41, 5.74) is 1.10. The highest BCUT2D eigenvalue weighted by atomic mass is 15.1. The van der Waals surface area contributed by atoms with Crippen LogP contribution < -0.4 is 10.6 Å². The number of pyridine rings is 1. The molecule has 2 N–H and O–H groups in total. The highest BCUT2D eigenvalue weighted by molar-refractivity contribution is 5.02. The molecule has 1 aromatic heterocycles. The number of hydrogen-bond donors (Lipinski definition) is 2. The molecule has 0 aliphatic rings. The SMILES string of the molecule is CCNCCN(C)CCNCc1ccccn1. The molecule has 4 nitrogen and oxygen atoms in total. The number of likely N-dealkylation sites (N-methyl/N-ethyl adjacent to an activating group) is 2. The smallest absolute Gasteiger partial charge is 0.0541 e. The van der Waals surface area contributed by atoms with Crippen molar-refractivity contribution in [1.29, 1.82) is 0 Å². The Morgan fingerprint density at radius 1 is 1.18 bits per heavy atom. The van der Waals surface area contributed by atoms with Gasteiger partial charge in [0.15, 0.2) is 0 Å². The van der Waals surface area contributed by atoms with Crippen molar-refractivity contribution in [2.75, 3.05) is 39.8 Å². The van der Waals surface area contributed by atoms with E-state index in [0.717, 1.165) is 45.0 Å². The van der Waals surface area contributed by atoms with Crippen LogP contribution in [0.25, 0.3) is 0 Å². The molecule has 1 rings (SSSR count). The second-order valence-corrected chi connectivity index (χ2v) is 4.15. The number of hydrogen-bond acceptors (Lipinski definition) is 4. The van der Waals surface area contributed by atoms with Gasteiger partial charge >= 0.3 is 0 Å². The summed E-state index contributed by atoms with van der Waals surface area (Å²) in [7, 11) is 2.15. The average molecular weight is 236 g/mol. The van der Waals surface area contributed by atoms with E-state index in [9.17, 15) is 0 Å². The summed E-state index contributed by atoms with van der Waals surface area (Å²) in [6, 6.07) is 6.01. The molecule has 0 spiro atoms. The molecule has 1 heterocycles. The van der Waals surface area contributed by atoms with Crippen molar-refractivity contribution < 1.29 is 0 Å². The summed E-state index contributed by atoms with van der Waals surface area (Å²) >= 11 is 0. The van der Waals surface area contributed by atoms with E-state index in [-0.39, 0.29) is 0 Å². The standard InChI is InChI=1S/C13H24N4/c1-3-14-8-10-17(2)11-9-15-12-13-6-4-5-7-16-13/h4-7,14-15H,3,8-12H2,1-2H3. The lowest BCUT2D eigenvalue weighted by molar-refractivity contribution is 0.330. The Hall–Kier alpha value is -0.970. The molecular formula is C13H24N4. The number of aromatic nitrogens is 1. The zero-order valence-electron chi connectivity index (χ0n) is 10.9. The van der Waals surface area contributed by atoms with Crippen LogP contribution in [0.2, 0.25) is 0 Å². The van der Waals surface area contributed by atoms with Crippen molar-refractivity contribution in [1.82, 2.24) is 20.5 Å². The quantitative estimate of drug-likeness (QED) is 0.620. The lowest BCUT2D eigenvalue weighted by Gasteiger charge is -2.16. The molecular weight excluding hydrogens is 212 g/mol. The van der Waals surface area contributed by atoms with Crippen molar-refractivity contribution >= 4 is 0 Å². The minimum atomic E-state index is 0.849. The first-order valence-electron chi connectivity index (χ1n) is 6.33. The number of nitrogens with zero attached hydrogens (tertiary/aromatic N) is 2. The first kappa shape index (κ1) is 14.1. The van der Waals surface area contributed by atoms with Crippen LogP contribution in [-0.2, 0) is 6.54 Å². The third-order valence-corrected chi connectivity index (χ3v) is 2.62. The molecule has 0 radical (unpaired) electrons. The molecule has 0 aromatic carbocycles. The Kier molecular flexibility index (Phi) is 7.54. The van der Waals surface area contributed by atoms with E-state index in [1.165, 1.54) is 0 Å². The predicted molar refractivity (Wildman–Crippen MR) is 72.0 cm³/mol. The fourth-order valence-electron chi connectivity index (χ4n) is 1.55. The van der Waals surface area contributed by atoms with Crippen LogP contribution in [0.3, 0.4) is 0 Å². The largest absolute Gasteiger partial charge is 0.316 e. The lowest BCUT2D eigenvalue weighted by Crippen LogP contribution is -2.34. The molecule has 0 aliphatic heterocycles. The fraction of sp³-hybridized carbons (Fsp3) is 0.615. The first-order valence-corrected chi connectivity index (χ1v) is 6.33. The zero-order valence-corrected chi connectivity index (χ0v) is 10.9. The monoisotopic (exact) mass is 236 g/mol. The van der Waals surface area contributed by atoms with Crippen molar-refractivity contribution in [2.45, 2.75) is 13.5 Å². The number of nitrogens with one attached hydrogen (secondary N) is 2. The van der Waals surface area contributed by atoms with Crippen LogP contribution in [-0.4, -0.2) is 49.7 Å². The van der Waals surface area contributed by atoms with Gasteiger partial charge in [-0.05, 0) is 25.7 Å². The fourth-order valence-corrected chi connectivity index (χ4v) is 1.55. The Balaban J connectivity index is 2.00. The van der Waals surface area contributed by atoms with E-state index in [2.05, 4.69) is 34.5 Å². The van der Waals surface area contributed by atoms with Gasteiger partial charge in [0.25, 0.3) is 0 Å². The minimum Gasteiger partial charge on any atom is -0.316 e. The van der Waals surface area contributed by atoms with Crippen LogP contribution in [0.4, 0.5) is 0 Å². The molecule has 0 saturated heterocycles. The van der Waals surface area contributed by atoms with Crippen LogP contribution in [0, 0.1) is 0 Å². The summed E-state index contributed by atoms with van der Waals surface area (Å²) in [6.07, 6.45) is 1.83. The van der Waals surface area contributed by atoms with E-state index in [1.807, 2.05) is 24.4 Å². The van der Waals surface area contributed by atoms with Crippen molar-refractivity contribution in [3.05, 3.63) is 30.1 Å². The summed E-state index contributed by atoms with van der Waals surface area (Å²) < 4.78 is 0. The summed E-state index contributed by atoms with van der Waals surface area (Å²) in [5.74, 6) is 0. The predicted octanol–water partition coefficient (Wildman–Crippen LogP) is 0.713. The molecule has 0 bridgehead atoms. The Morgan fingerprint density at radius 3 is 2.59 bits per heavy atom. The van der Waals surface area contributed by atoms with E-state index in [1.54, 1.807) is 0 Å². The first-order chi connectivity index (χ1) is 8.33. The van der Waals surface area contributed by atoms with Gasteiger partial charge in [-0.2, -0.15) is 0 Å². The van der Waals surface area contributed by atoms with Crippen molar-refractivity contribution in [3.8, 4) is 0 Å². The summed E-state index contributed by atoms with van der Waals surface area (Å²) in [6.45, 7) is 8.26. The lowest BCUT2D eigenvalue weighted by atomic mass is 10.3. The number of rotatable bonds is 9. The average Bonchev–Trinajstić information content (AvgIpc) is 2.36. The molecule has 96 valence electrons. The van der Waals surface area contributed by atoms with E-state index in [4.69, 9.17) is 0 Å². The highest BCUT2D eigenvalue weighted by Gasteiger charge is 1.97. The van der Waals surface area contributed by atoms with Gasteiger partial charge < -0.3 is 15.5 Å². The molecule has 0 fully saturated rings. The Labute approximate surface area is 104 Å². The van der Waals surface area contributed by atoms with Crippen molar-refractivity contribution in [2.24, 2.45) is 0 Å². The van der Waals surface area contributed by atoms with E-state index >= 15 is 0 Å². The van der Waals surface area contributed by atoms with E-state index < -0.39 is 0 Å². The van der Waals surface area contributed by atoms with Crippen molar-refractivity contribution in [3.63, 3.8) is 0 Å². The maximum atomic E-state index is 4.27. The highest BCUT2D eigenvalue weighted by Crippen LogP contribution is 1.91. The maximum Gasteiger partial charge on any atom is 0.0541 e. The second kappa shape index (κ2) is 9.10. The Bertz CT molecular complexity index is 276. The van der Waals surface area contributed by atoms with Gasteiger partial charge in [-0.25, -0.2) is 0 Å². The summed E-state index contributed by atoms with van der Waals surface area (Å²) in [5, 5.41) is 6.72. The van der Waals surface area contributed by atoms with Crippen LogP contribution in [0.1, 0.15) is 12.6 Å². The van der Waals surface area contributed by atoms with Gasteiger partial charge in [0, 0.05) is 38.9 Å². The third-order valence-electron chi connectivity index (χ3n) is 2.62. The molecule has 0 atom stereocenters. The Morgan fingerprint density at radius 2 is 1.94 bits per heavy atom. The molecule has 4 heteroatoms. The van der Waals surface area contributed by atoms with Gasteiger partial charge in [-0.1, -0.05) is 13.0 Å². The molecule has 0 aliphatic carbocycles. The molecule has 0 saturated carbocycles. The third kappa shape index (κ3) is 7.05. The molecule has 0 unspecified atom stereocenters. The van der Waals surface area contributed by atoms with Gasteiger partial charge in [0.05, 0.1) is 5.69 Å². The topological polar surface area (TPSA) is 40.2 Å². The molecule has 0 amide bonds. The molecule has 1 aromatic rings. The maximum absolute atomic E-state index is 4.27. The van der Waals surface area contributed by atoms with Gasteiger partial charge in [-0.3, -0.25) is 4.98 Å². The van der Waals surface area contributed by atoms with Crippen LogP contribution in [0.15, 0.2) is 24.4 Å². The van der Waals surface area contributed by atoms with E-state index in [0.29, 0.717) is 0 Å². The molecule has 17 heavy (non-hydrogen) atoms. The second-order valence-electron chi connectivity index (χ2n) is 4.15. The van der Waals surface area contributed by atoms with Gasteiger partial charge in [-0.15, -0.1) is 0 Å². The van der Waals surface area contributed by atoms with Gasteiger partial charge in [0.2, 0.25) is 0 Å². The minimum absolute atomic E-state index is 0.849. The van der Waals surface area contributed by atoms with Gasteiger partial charge in [0.1, 0.15) is 0 Å². The summed E-state index contributed by atoms with van der Waals surface area (Å²) in [4.78, 5) is 6.60. The normalized spacial score (nSPS) is 11.0. The van der Waals surface area contributed by atoms with Crippen LogP contribution >= 0.6 is 0 Å². The van der Waals surface area contributed by atoms with Crippen LogP contribution in [0.5, 0.6) is 0 Å². The zero-order chi connectivity index (χ0) is 12.3.